The summed E-state index contributed by atoms with van der Waals surface area (Å²) >= 11 is 7.30. The van der Waals surface area contributed by atoms with E-state index in [0.29, 0.717) is 23.0 Å². The molecule has 0 aliphatic carbocycles. The first kappa shape index (κ1) is 14.8. The van der Waals surface area contributed by atoms with Gasteiger partial charge in [0, 0.05) is 17.8 Å². The molecule has 6 heteroatoms. The Morgan fingerprint density at radius 2 is 2.25 bits per heavy atom. The van der Waals surface area contributed by atoms with Gasteiger partial charge >= 0.3 is 0 Å². The summed E-state index contributed by atoms with van der Waals surface area (Å²) < 4.78 is 0.685. The fourth-order valence-corrected chi connectivity index (χ4v) is 2.70. The highest BCUT2D eigenvalue weighted by Crippen LogP contribution is 2.21. The Labute approximate surface area is 127 Å². The smallest absolute Gasteiger partial charge is 0.251 e. The van der Waals surface area contributed by atoms with Crippen LogP contribution in [-0.2, 0) is 6.54 Å². The highest BCUT2D eigenvalue weighted by molar-refractivity contribution is 7.15. The Bertz CT molecular complexity index is 612. The van der Waals surface area contributed by atoms with Crippen molar-refractivity contribution in [3.05, 3.63) is 44.9 Å². The van der Waals surface area contributed by atoms with Crippen LogP contribution in [0.25, 0.3) is 0 Å². The van der Waals surface area contributed by atoms with E-state index in [4.69, 9.17) is 11.6 Å². The number of hydrogen-bond acceptors (Lipinski definition) is 4. The van der Waals surface area contributed by atoms with Crippen LogP contribution >= 0.6 is 22.9 Å². The molecular formula is C14H16ClN3OS. The average molecular weight is 310 g/mol. The molecule has 0 aliphatic heterocycles. The maximum atomic E-state index is 11.7. The van der Waals surface area contributed by atoms with Crippen LogP contribution in [0.15, 0.2) is 24.4 Å². The summed E-state index contributed by atoms with van der Waals surface area (Å²) in [7, 11) is 0. The molecule has 0 spiro atoms. The highest BCUT2D eigenvalue weighted by Gasteiger charge is 2.07. The maximum Gasteiger partial charge on any atom is 0.251 e. The van der Waals surface area contributed by atoms with E-state index in [0.717, 1.165) is 16.3 Å². The molecule has 4 nitrogen and oxygen atoms in total. The molecule has 0 fully saturated rings. The van der Waals surface area contributed by atoms with Crippen LogP contribution in [0.4, 0.5) is 5.69 Å². The molecular weight excluding hydrogens is 294 g/mol. The van der Waals surface area contributed by atoms with Crippen molar-refractivity contribution in [2.24, 2.45) is 0 Å². The number of carbonyl (C=O) groups excluding carboxylic acids is 1. The minimum Gasteiger partial charge on any atom is -0.378 e. The van der Waals surface area contributed by atoms with Crippen LogP contribution in [0.5, 0.6) is 0 Å². The van der Waals surface area contributed by atoms with Gasteiger partial charge in [-0.2, -0.15) is 0 Å². The number of carbonyl (C=O) groups is 1. The van der Waals surface area contributed by atoms with Crippen molar-refractivity contribution in [1.29, 1.82) is 0 Å². The van der Waals surface area contributed by atoms with Gasteiger partial charge in [-0.3, -0.25) is 4.79 Å². The van der Waals surface area contributed by atoms with Crippen molar-refractivity contribution in [2.75, 3.05) is 11.9 Å². The van der Waals surface area contributed by atoms with Gasteiger partial charge in [0.1, 0.15) is 9.34 Å². The predicted molar refractivity (Wildman–Crippen MR) is 83.6 cm³/mol. The first-order valence-corrected chi connectivity index (χ1v) is 7.52. The van der Waals surface area contributed by atoms with Gasteiger partial charge in [-0.25, -0.2) is 4.98 Å². The molecule has 0 radical (unpaired) electrons. The molecule has 0 aliphatic rings. The zero-order valence-electron chi connectivity index (χ0n) is 11.4. The monoisotopic (exact) mass is 309 g/mol. The van der Waals surface area contributed by atoms with Crippen molar-refractivity contribution in [1.82, 2.24) is 10.3 Å². The van der Waals surface area contributed by atoms with Gasteiger partial charge in [-0.05, 0) is 37.6 Å². The van der Waals surface area contributed by atoms with Gasteiger partial charge in [0.05, 0.1) is 12.7 Å². The topological polar surface area (TPSA) is 54.0 Å². The predicted octanol–water partition coefficient (Wildman–Crippen LogP) is 3.47. The number of rotatable bonds is 5. The quantitative estimate of drug-likeness (QED) is 0.889. The largest absolute Gasteiger partial charge is 0.378 e. The summed E-state index contributed by atoms with van der Waals surface area (Å²) in [5.41, 5.74) is 2.69. The molecule has 2 N–H and O–H groups in total. The first-order valence-electron chi connectivity index (χ1n) is 6.33. The molecule has 20 heavy (non-hydrogen) atoms. The Morgan fingerprint density at radius 1 is 1.45 bits per heavy atom. The third kappa shape index (κ3) is 3.71. The second kappa shape index (κ2) is 6.72. The van der Waals surface area contributed by atoms with E-state index in [1.807, 2.05) is 32.0 Å². The first-order chi connectivity index (χ1) is 9.60. The van der Waals surface area contributed by atoms with E-state index in [1.165, 1.54) is 11.3 Å². The van der Waals surface area contributed by atoms with Gasteiger partial charge in [0.2, 0.25) is 0 Å². The zero-order chi connectivity index (χ0) is 14.5. The highest BCUT2D eigenvalue weighted by atomic mass is 35.5. The zero-order valence-corrected chi connectivity index (χ0v) is 12.9. The SMILES string of the molecule is CCNC(=O)c1ccc(NCc2ncc(Cl)s2)c(C)c1. The fourth-order valence-electron chi connectivity index (χ4n) is 1.81. The molecule has 1 aromatic carbocycles. The van der Waals surface area contributed by atoms with Crippen LogP contribution in [0.1, 0.15) is 27.9 Å². The molecule has 0 saturated heterocycles. The van der Waals surface area contributed by atoms with E-state index in [9.17, 15) is 4.79 Å². The summed E-state index contributed by atoms with van der Waals surface area (Å²) in [4.78, 5) is 15.9. The van der Waals surface area contributed by atoms with Crippen LogP contribution in [0.2, 0.25) is 4.34 Å². The van der Waals surface area contributed by atoms with Gasteiger partial charge in [-0.1, -0.05) is 11.6 Å². The number of benzene rings is 1. The molecule has 1 aromatic heterocycles. The molecule has 0 bridgehead atoms. The Morgan fingerprint density at radius 3 is 2.85 bits per heavy atom. The van der Waals surface area contributed by atoms with Crippen LogP contribution < -0.4 is 10.6 Å². The average Bonchev–Trinajstić information content (AvgIpc) is 2.83. The Balaban J connectivity index is 2.04. The lowest BCUT2D eigenvalue weighted by Crippen LogP contribution is -2.22. The minimum absolute atomic E-state index is 0.0474. The van der Waals surface area contributed by atoms with Gasteiger partial charge in [0.25, 0.3) is 5.91 Å². The van der Waals surface area contributed by atoms with Gasteiger partial charge in [0.15, 0.2) is 0 Å². The summed E-state index contributed by atoms with van der Waals surface area (Å²) in [5.74, 6) is -0.0474. The maximum absolute atomic E-state index is 11.7. The molecule has 106 valence electrons. The number of aryl methyl sites for hydroxylation is 1. The summed E-state index contributed by atoms with van der Waals surface area (Å²) in [6.45, 7) is 5.13. The molecule has 1 amide bonds. The third-order valence-corrected chi connectivity index (χ3v) is 3.90. The molecule has 2 rings (SSSR count). The Kier molecular flexibility index (Phi) is 4.98. The van der Waals surface area contributed by atoms with E-state index in [2.05, 4.69) is 15.6 Å². The number of nitrogens with one attached hydrogen (secondary N) is 2. The number of thiazole rings is 1. The number of nitrogens with zero attached hydrogens (tertiary/aromatic N) is 1. The van der Waals surface area contributed by atoms with Gasteiger partial charge in [-0.15, -0.1) is 11.3 Å². The van der Waals surface area contributed by atoms with Crippen molar-refractivity contribution in [2.45, 2.75) is 20.4 Å². The second-order valence-corrected chi connectivity index (χ2v) is 6.05. The van der Waals surface area contributed by atoms with Crippen LogP contribution in [-0.4, -0.2) is 17.4 Å². The van der Waals surface area contributed by atoms with E-state index < -0.39 is 0 Å². The third-order valence-electron chi connectivity index (χ3n) is 2.78. The summed E-state index contributed by atoms with van der Waals surface area (Å²) in [5, 5.41) is 7.02. The standard InChI is InChI=1S/C14H16ClN3OS/c1-3-16-14(19)10-4-5-11(9(2)6-10)17-8-13-18-7-12(15)20-13/h4-7,17H,3,8H2,1-2H3,(H,16,19). The number of aromatic nitrogens is 1. The fraction of sp³-hybridized carbons (Fsp3) is 0.286. The molecule has 2 aromatic rings. The lowest BCUT2D eigenvalue weighted by molar-refractivity contribution is 0.0956. The van der Waals surface area contributed by atoms with Crippen molar-refractivity contribution >= 4 is 34.5 Å². The molecule has 1 heterocycles. The number of amides is 1. The lowest BCUT2D eigenvalue weighted by Gasteiger charge is -2.10. The molecule has 0 unspecified atom stereocenters. The second-order valence-electron chi connectivity index (χ2n) is 4.30. The summed E-state index contributed by atoms with van der Waals surface area (Å²) in [6.07, 6.45) is 1.65. The van der Waals surface area contributed by atoms with Gasteiger partial charge < -0.3 is 10.6 Å². The van der Waals surface area contributed by atoms with E-state index in [1.54, 1.807) is 6.20 Å². The summed E-state index contributed by atoms with van der Waals surface area (Å²) in [6, 6.07) is 5.60. The van der Waals surface area contributed by atoms with Crippen LogP contribution in [0.3, 0.4) is 0 Å². The van der Waals surface area contributed by atoms with Crippen molar-refractivity contribution in [3.8, 4) is 0 Å². The van der Waals surface area contributed by atoms with Crippen molar-refractivity contribution < 1.29 is 4.79 Å². The molecule has 0 atom stereocenters. The number of anilines is 1. The minimum atomic E-state index is -0.0474. The van der Waals surface area contributed by atoms with Crippen molar-refractivity contribution in [3.63, 3.8) is 0 Å². The van der Waals surface area contributed by atoms with Crippen LogP contribution in [0, 0.1) is 6.92 Å². The van der Waals surface area contributed by atoms with E-state index in [-0.39, 0.29) is 5.91 Å². The number of hydrogen-bond donors (Lipinski definition) is 2. The lowest BCUT2D eigenvalue weighted by atomic mass is 10.1. The van der Waals surface area contributed by atoms with E-state index >= 15 is 0 Å². The number of halogens is 1. The Hall–Kier alpha value is -1.59. The normalized spacial score (nSPS) is 10.3. The molecule has 0 saturated carbocycles.